The summed E-state index contributed by atoms with van der Waals surface area (Å²) in [4.78, 5) is 4.26. The van der Waals surface area contributed by atoms with Gasteiger partial charge in [0.1, 0.15) is 4.60 Å². The lowest BCUT2D eigenvalue weighted by Crippen LogP contribution is -2.26. The first kappa shape index (κ1) is 10.4. The van der Waals surface area contributed by atoms with Crippen molar-refractivity contribution in [3.05, 3.63) is 9.98 Å². The van der Waals surface area contributed by atoms with Gasteiger partial charge in [0.2, 0.25) is 0 Å². The standard InChI is InChI=1S/C9H13BrN2OS/c10-8-6-14-9(12-8)11-5-7-3-1-2-4-13-7/h6-7H,1-5H2,(H,11,12). The summed E-state index contributed by atoms with van der Waals surface area (Å²) >= 11 is 4.94. The highest BCUT2D eigenvalue weighted by molar-refractivity contribution is 9.10. The maximum Gasteiger partial charge on any atom is 0.183 e. The number of anilines is 1. The highest BCUT2D eigenvalue weighted by Crippen LogP contribution is 2.20. The van der Waals surface area contributed by atoms with Gasteiger partial charge in [-0.2, -0.15) is 0 Å². The average Bonchev–Trinajstić information content (AvgIpc) is 2.63. The Bertz CT molecular complexity index is 286. The monoisotopic (exact) mass is 276 g/mol. The van der Waals surface area contributed by atoms with E-state index in [-0.39, 0.29) is 0 Å². The summed E-state index contributed by atoms with van der Waals surface area (Å²) in [6, 6.07) is 0. The Labute approximate surface area is 96.0 Å². The first-order valence-corrected chi connectivity index (χ1v) is 6.48. The second-order valence-electron chi connectivity index (χ2n) is 3.34. The van der Waals surface area contributed by atoms with E-state index in [4.69, 9.17) is 4.74 Å². The van der Waals surface area contributed by atoms with Crippen molar-refractivity contribution in [2.24, 2.45) is 0 Å². The maximum atomic E-state index is 5.61. The van der Waals surface area contributed by atoms with Crippen LogP contribution in [0.2, 0.25) is 0 Å². The fraction of sp³-hybridized carbons (Fsp3) is 0.667. The van der Waals surface area contributed by atoms with Crippen LogP contribution in [0.25, 0.3) is 0 Å². The van der Waals surface area contributed by atoms with Crippen molar-refractivity contribution < 1.29 is 4.74 Å². The van der Waals surface area contributed by atoms with Crippen molar-refractivity contribution >= 4 is 32.4 Å². The molecular weight excluding hydrogens is 264 g/mol. The van der Waals surface area contributed by atoms with Crippen LogP contribution in [0.3, 0.4) is 0 Å². The van der Waals surface area contributed by atoms with Crippen LogP contribution in [0, 0.1) is 0 Å². The first-order valence-electron chi connectivity index (χ1n) is 4.81. The van der Waals surface area contributed by atoms with Crippen LogP contribution in [-0.2, 0) is 4.74 Å². The molecule has 3 nitrogen and oxygen atoms in total. The normalized spacial score (nSPS) is 22.2. The molecule has 1 N–H and O–H groups in total. The molecule has 0 saturated carbocycles. The summed E-state index contributed by atoms with van der Waals surface area (Å²) in [7, 11) is 0. The molecule has 5 heteroatoms. The van der Waals surface area contributed by atoms with Crippen molar-refractivity contribution in [2.45, 2.75) is 25.4 Å². The molecule has 0 radical (unpaired) electrons. The number of nitrogens with one attached hydrogen (secondary N) is 1. The summed E-state index contributed by atoms with van der Waals surface area (Å²) < 4.78 is 6.51. The molecule has 2 heterocycles. The van der Waals surface area contributed by atoms with E-state index in [0.717, 1.165) is 22.9 Å². The van der Waals surface area contributed by atoms with E-state index >= 15 is 0 Å². The molecule has 2 rings (SSSR count). The van der Waals surface area contributed by atoms with E-state index < -0.39 is 0 Å². The van der Waals surface area contributed by atoms with E-state index in [1.165, 1.54) is 19.3 Å². The minimum absolute atomic E-state index is 0.367. The molecule has 78 valence electrons. The van der Waals surface area contributed by atoms with E-state index in [1.54, 1.807) is 11.3 Å². The number of thiazole rings is 1. The van der Waals surface area contributed by atoms with Gasteiger partial charge in [0.05, 0.1) is 6.10 Å². The van der Waals surface area contributed by atoms with Gasteiger partial charge in [-0.15, -0.1) is 11.3 Å². The van der Waals surface area contributed by atoms with Crippen molar-refractivity contribution in [3.63, 3.8) is 0 Å². The topological polar surface area (TPSA) is 34.1 Å². The molecular formula is C9H13BrN2OS. The zero-order valence-electron chi connectivity index (χ0n) is 7.83. The van der Waals surface area contributed by atoms with Crippen LogP contribution in [0.1, 0.15) is 19.3 Å². The van der Waals surface area contributed by atoms with E-state index in [1.807, 2.05) is 5.38 Å². The van der Waals surface area contributed by atoms with Crippen molar-refractivity contribution in [2.75, 3.05) is 18.5 Å². The summed E-state index contributed by atoms with van der Waals surface area (Å²) in [5.74, 6) is 0. The predicted molar refractivity (Wildman–Crippen MR) is 61.9 cm³/mol. The van der Waals surface area contributed by atoms with Gasteiger partial charge >= 0.3 is 0 Å². The van der Waals surface area contributed by atoms with Crippen LogP contribution in [-0.4, -0.2) is 24.2 Å². The summed E-state index contributed by atoms with van der Waals surface area (Å²) in [5.41, 5.74) is 0. The summed E-state index contributed by atoms with van der Waals surface area (Å²) in [6.07, 6.45) is 4.03. The molecule has 1 unspecified atom stereocenters. The molecule has 1 aromatic heterocycles. The smallest absolute Gasteiger partial charge is 0.183 e. The lowest BCUT2D eigenvalue weighted by Gasteiger charge is -2.22. The van der Waals surface area contributed by atoms with Gasteiger partial charge in [-0.3, -0.25) is 0 Å². The van der Waals surface area contributed by atoms with Crippen molar-refractivity contribution in [1.29, 1.82) is 0 Å². The van der Waals surface area contributed by atoms with E-state index in [9.17, 15) is 0 Å². The SMILES string of the molecule is Brc1csc(NCC2CCCCO2)n1. The predicted octanol–water partition coefficient (Wildman–Crippen LogP) is 2.89. The van der Waals surface area contributed by atoms with Gasteiger partial charge in [-0.1, -0.05) is 0 Å². The highest BCUT2D eigenvalue weighted by Gasteiger charge is 2.13. The third-order valence-electron chi connectivity index (χ3n) is 2.23. The third kappa shape index (κ3) is 2.93. The minimum atomic E-state index is 0.367. The van der Waals surface area contributed by atoms with E-state index in [2.05, 4.69) is 26.2 Å². The summed E-state index contributed by atoms with van der Waals surface area (Å²) in [5, 5.41) is 6.23. The Morgan fingerprint density at radius 1 is 1.64 bits per heavy atom. The molecule has 0 spiro atoms. The lowest BCUT2D eigenvalue weighted by atomic mass is 10.1. The maximum absolute atomic E-state index is 5.61. The minimum Gasteiger partial charge on any atom is -0.376 e. The zero-order chi connectivity index (χ0) is 9.80. The Hall–Kier alpha value is -0.130. The van der Waals surface area contributed by atoms with Crippen LogP contribution >= 0.6 is 27.3 Å². The van der Waals surface area contributed by atoms with Crippen LogP contribution in [0.5, 0.6) is 0 Å². The molecule has 1 fully saturated rings. The third-order valence-corrected chi connectivity index (χ3v) is 3.74. The Balaban J connectivity index is 1.76. The number of ether oxygens (including phenoxy) is 1. The molecule has 1 atom stereocenters. The van der Waals surface area contributed by atoms with E-state index in [0.29, 0.717) is 6.10 Å². The Kier molecular flexibility index (Phi) is 3.78. The Morgan fingerprint density at radius 3 is 3.21 bits per heavy atom. The van der Waals surface area contributed by atoms with Crippen molar-refractivity contribution in [1.82, 2.24) is 4.98 Å². The molecule has 0 amide bonds. The van der Waals surface area contributed by atoms with Gasteiger partial charge in [0, 0.05) is 18.5 Å². The highest BCUT2D eigenvalue weighted by atomic mass is 79.9. The van der Waals surface area contributed by atoms with Gasteiger partial charge in [-0.05, 0) is 35.2 Å². The molecule has 0 aromatic carbocycles. The fourth-order valence-corrected chi connectivity index (χ4v) is 2.66. The number of aromatic nitrogens is 1. The average molecular weight is 277 g/mol. The van der Waals surface area contributed by atoms with Crippen LogP contribution < -0.4 is 5.32 Å². The molecule has 1 saturated heterocycles. The molecule has 0 aliphatic carbocycles. The molecule has 1 aliphatic rings. The largest absolute Gasteiger partial charge is 0.376 e. The summed E-state index contributed by atoms with van der Waals surface area (Å²) in [6.45, 7) is 1.79. The lowest BCUT2D eigenvalue weighted by molar-refractivity contribution is 0.0247. The van der Waals surface area contributed by atoms with Gasteiger partial charge in [0.25, 0.3) is 0 Å². The number of nitrogens with zero attached hydrogens (tertiary/aromatic N) is 1. The number of rotatable bonds is 3. The van der Waals surface area contributed by atoms with Gasteiger partial charge in [-0.25, -0.2) is 4.98 Å². The quantitative estimate of drug-likeness (QED) is 0.922. The molecule has 1 aliphatic heterocycles. The Morgan fingerprint density at radius 2 is 2.57 bits per heavy atom. The number of halogens is 1. The first-order chi connectivity index (χ1) is 6.84. The number of hydrogen-bond acceptors (Lipinski definition) is 4. The molecule has 0 bridgehead atoms. The fourth-order valence-electron chi connectivity index (χ4n) is 1.50. The molecule has 1 aromatic rings. The molecule has 14 heavy (non-hydrogen) atoms. The van der Waals surface area contributed by atoms with Crippen LogP contribution in [0.15, 0.2) is 9.98 Å². The second-order valence-corrected chi connectivity index (χ2v) is 5.02. The van der Waals surface area contributed by atoms with Gasteiger partial charge in [0.15, 0.2) is 5.13 Å². The zero-order valence-corrected chi connectivity index (χ0v) is 10.2. The van der Waals surface area contributed by atoms with Gasteiger partial charge < -0.3 is 10.1 Å². The van der Waals surface area contributed by atoms with Crippen LogP contribution in [0.4, 0.5) is 5.13 Å². The second kappa shape index (κ2) is 5.09. The number of hydrogen-bond donors (Lipinski definition) is 1. The van der Waals surface area contributed by atoms with Crippen molar-refractivity contribution in [3.8, 4) is 0 Å².